The van der Waals surface area contributed by atoms with Crippen LogP contribution in [-0.4, -0.2) is 24.7 Å². The summed E-state index contributed by atoms with van der Waals surface area (Å²) in [5.74, 6) is -0.218. The fourth-order valence-corrected chi connectivity index (χ4v) is 1.78. The van der Waals surface area contributed by atoms with Crippen molar-refractivity contribution in [1.82, 2.24) is 9.97 Å². The minimum atomic E-state index is -4.59. The van der Waals surface area contributed by atoms with Gasteiger partial charge in [-0.15, -0.1) is 0 Å². The fraction of sp³-hybridized carbons (Fsp3) is 0. The second kappa shape index (κ2) is 6.97. The van der Waals surface area contributed by atoms with E-state index in [1.54, 1.807) is 18.2 Å². The van der Waals surface area contributed by atoms with Gasteiger partial charge >= 0.3 is 19.7 Å². The molecule has 0 amide bonds. The van der Waals surface area contributed by atoms with Crippen LogP contribution in [0.5, 0.6) is 6.01 Å². The van der Waals surface area contributed by atoms with E-state index in [1.807, 2.05) is 6.07 Å². The highest BCUT2D eigenvalue weighted by molar-refractivity contribution is 7.46. The van der Waals surface area contributed by atoms with Gasteiger partial charge in [0.2, 0.25) is 0 Å². The van der Waals surface area contributed by atoms with Crippen LogP contribution in [-0.2, 0) is 4.57 Å². The molecule has 0 aliphatic rings. The lowest BCUT2D eigenvalue weighted by Crippen LogP contribution is -1.95. The second-order valence-corrected chi connectivity index (χ2v) is 5.17. The van der Waals surface area contributed by atoms with Gasteiger partial charge in [-0.05, 0) is 12.1 Å². The number of hydrogen-bond donors (Lipinski definition) is 2. The summed E-state index contributed by atoms with van der Waals surface area (Å²) in [6.45, 7) is 0. The van der Waals surface area contributed by atoms with Crippen LogP contribution in [0.25, 0.3) is 10.9 Å². The molecule has 1 aromatic carbocycles. The lowest BCUT2D eigenvalue weighted by molar-refractivity contribution is -0.402. The van der Waals surface area contributed by atoms with E-state index >= 15 is 0 Å². The SMILES string of the molecule is O=P(O)(O)Oc1ncc2ccccc2n1.O=[N+]([O-])c1ccco1. The average Bonchev–Trinajstić information content (AvgIpc) is 3.00. The Morgan fingerprint density at radius 2 is 1.96 bits per heavy atom. The van der Waals surface area contributed by atoms with Crippen LogP contribution in [0.1, 0.15) is 0 Å². The standard InChI is InChI=1S/C8H7N2O4P.C4H3NO3/c11-15(12,13)14-8-9-5-6-3-1-2-4-7(6)10-8;6-5(7)4-2-1-3-8-4/h1-5H,(H2,11,12,13);1-3H. The fourth-order valence-electron chi connectivity index (χ4n) is 1.48. The zero-order chi connectivity index (χ0) is 16.9. The van der Waals surface area contributed by atoms with E-state index in [-0.39, 0.29) is 11.9 Å². The summed E-state index contributed by atoms with van der Waals surface area (Å²) in [6.07, 6.45) is 2.70. The largest absolute Gasteiger partial charge is 0.527 e. The molecule has 0 aliphatic heterocycles. The highest BCUT2D eigenvalue weighted by Gasteiger charge is 2.17. The smallest absolute Gasteiger partial charge is 0.409 e. The van der Waals surface area contributed by atoms with Crippen LogP contribution >= 0.6 is 7.82 Å². The van der Waals surface area contributed by atoms with Gasteiger partial charge in [-0.25, -0.2) is 9.55 Å². The van der Waals surface area contributed by atoms with E-state index in [2.05, 4.69) is 18.9 Å². The number of nitro groups is 1. The Balaban J connectivity index is 0.000000203. The van der Waals surface area contributed by atoms with Gasteiger partial charge in [-0.1, -0.05) is 18.2 Å². The Morgan fingerprint density at radius 1 is 1.22 bits per heavy atom. The van der Waals surface area contributed by atoms with Gasteiger partial charge < -0.3 is 8.94 Å². The van der Waals surface area contributed by atoms with Crippen LogP contribution in [0, 0.1) is 10.1 Å². The summed E-state index contributed by atoms with van der Waals surface area (Å²) in [5.41, 5.74) is 0.566. The average molecular weight is 339 g/mol. The maximum Gasteiger partial charge on any atom is 0.527 e. The molecule has 11 heteroatoms. The van der Waals surface area contributed by atoms with Crippen LogP contribution in [0.15, 0.2) is 53.3 Å². The van der Waals surface area contributed by atoms with E-state index in [1.165, 1.54) is 24.6 Å². The molecule has 2 N–H and O–H groups in total. The highest BCUT2D eigenvalue weighted by atomic mass is 31.2. The van der Waals surface area contributed by atoms with E-state index in [0.717, 1.165) is 5.39 Å². The van der Waals surface area contributed by atoms with Gasteiger partial charge in [0.25, 0.3) is 0 Å². The topological polar surface area (TPSA) is 149 Å². The predicted octanol–water partition coefficient (Wildman–Crippen LogP) is 2.29. The Kier molecular flexibility index (Phi) is 5.02. The molecule has 0 radical (unpaired) electrons. The molecule has 3 rings (SSSR count). The molecule has 120 valence electrons. The molecule has 2 heterocycles. The van der Waals surface area contributed by atoms with Crippen LogP contribution in [0.4, 0.5) is 5.88 Å². The summed E-state index contributed by atoms with van der Waals surface area (Å²) in [5, 5.41) is 10.5. The molecular weight excluding hydrogens is 329 g/mol. The van der Waals surface area contributed by atoms with Crippen molar-refractivity contribution in [3.05, 3.63) is 59.0 Å². The van der Waals surface area contributed by atoms with Crippen molar-refractivity contribution in [2.45, 2.75) is 0 Å². The summed E-state index contributed by atoms with van der Waals surface area (Å²) in [4.78, 5) is 33.8. The molecule has 0 spiro atoms. The third-order valence-electron chi connectivity index (χ3n) is 2.35. The molecule has 10 nitrogen and oxygen atoms in total. The Bertz CT molecular complexity index is 847. The third kappa shape index (κ3) is 5.15. The van der Waals surface area contributed by atoms with Gasteiger partial charge in [-0.3, -0.25) is 19.9 Å². The summed E-state index contributed by atoms with van der Waals surface area (Å²) >= 11 is 0. The van der Waals surface area contributed by atoms with Crippen molar-refractivity contribution in [2.24, 2.45) is 0 Å². The monoisotopic (exact) mass is 339 g/mol. The van der Waals surface area contributed by atoms with E-state index in [4.69, 9.17) is 9.79 Å². The number of aromatic nitrogens is 2. The Hall–Kier alpha value is -2.81. The summed E-state index contributed by atoms with van der Waals surface area (Å²) in [6, 6.07) is 9.49. The molecule has 0 aliphatic carbocycles. The molecule has 0 bridgehead atoms. The number of phosphoric ester groups is 1. The number of benzene rings is 1. The van der Waals surface area contributed by atoms with Gasteiger partial charge in [0.05, 0.1) is 17.8 Å². The van der Waals surface area contributed by atoms with Crippen molar-refractivity contribution < 1.29 is 28.2 Å². The summed E-state index contributed by atoms with van der Waals surface area (Å²) in [7, 11) is -4.59. The maximum atomic E-state index is 10.5. The van der Waals surface area contributed by atoms with Crippen LogP contribution < -0.4 is 4.52 Å². The first kappa shape index (κ1) is 16.6. The predicted molar refractivity (Wildman–Crippen MR) is 77.6 cm³/mol. The molecule has 0 saturated heterocycles. The zero-order valence-electron chi connectivity index (χ0n) is 11.3. The van der Waals surface area contributed by atoms with Crippen molar-refractivity contribution in [3.63, 3.8) is 0 Å². The number of para-hydroxylation sites is 1. The highest BCUT2D eigenvalue weighted by Crippen LogP contribution is 2.35. The molecule has 3 aromatic rings. The molecule has 0 fully saturated rings. The first-order valence-corrected chi connectivity index (χ1v) is 7.53. The van der Waals surface area contributed by atoms with Gasteiger partial charge in [-0.2, -0.15) is 4.98 Å². The van der Waals surface area contributed by atoms with Crippen LogP contribution in [0.3, 0.4) is 0 Å². The zero-order valence-corrected chi connectivity index (χ0v) is 12.2. The van der Waals surface area contributed by atoms with Crippen molar-refractivity contribution in [2.75, 3.05) is 0 Å². The van der Waals surface area contributed by atoms with E-state index in [9.17, 15) is 14.7 Å². The normalized spacial score (nSPS) is 10.7. The minimum absolute atomic E-state index is 0.218. The molecule has 0 atom stereocenters. The number of furan rings is 1. The van der Waals surface area contributed by atoms with E-state index < -0.39 is 12.7 Å². The summed E-state index contributed by atoms with van der Waals surface area (Å²) < 4.78 is 19.2. The second-order valence-electron chi connectivity index (χ2n) is 4.00. The Morgan fingerprint density at radius 3 is 2.52 bits per heavy atom. The van der Waals surface area contributed by atoms with Gasteiger partial charge in [0.1, 0.15) is 4.92 Å². The van der Waals surface area contributed by atoms with Gasteiger partial charge in [0.15, 0.2) is 0 Å². The quantitative estimate of drug-likeness (QED) is 0.416. The molecule has 0 saturated carbocycles. The Labute approximate surface area is 128 Å². The number of nitrogens with zero attached hydrogens (tertiary/aromatic N) is 3. The number of rotatable bonds is 3. The maximum absolute atomic E-state index is 10.5. The molecule has 2 aromatic heterocycles. The van der Waals surface area contributed by atoms with E-state index in [0.29, 0.717) is 5.52 Å². The van der Waals surface area contributed by atoms with Crippen molar-refractivity contribution >= 4 is 24.6 Å². The number of fused-ring (bicyclic) bond motifs is 1. The lowest BCUT2D eigenvalue weighted by atomic mass is 10.2. The third-order valence-corrected chi connectivity index (χ3v) is 2.75. The number of hydrogen-bond acceptors (Lipinski definition) is 7. The van der Waals surface area contributed by atoms with Crippen molar-refractivity contribution in [1.29, 1.82) is 0 Å². The van der Waals surface area contributed by atoms with Crippen molar-refractivity contribution in [3.8, 4) is 6.01 Å². The minimum Gasteiger partial charge on any atom is -0.409 e. The first-order chi connectivity index (χ1) is 10.8. The molecular formula is C12H10N3O7P. The van der Waals surface area contributed by atoms with Gasteiger partial charge in [0, 0.05) is 11.6 Å². The lowest BCUT2D eigenvalue weighted by Gasteiger charge is -2.04. The number of phosphoric acid groups is 1. The first-order valence-electron chi connectivity index (χ1n) is 6.00. The molecule has 23 heavy (non-hydrogen) atoms. The van der Waals surface area contributed by atoms with Crippen LogP contribution in [0.2, 0.25) is 0 Å². The molecule has 0 unspecified atom stereocenters.